The zero-order valence-corrected chi connectivity index (χ0v) is 6.16. The van der Waals surface area contributed by atoms with Gasteiger partial charge in [-0.1, -0.05) is 0 Å². The predicted molar refractivity (Wildman–Crippen MR) is 36.0 cm³/mol. The molecule has 11 heavy (non-hydrogen) atoms. The Morgan fingerprint density at radius 3 is 2.73 bits per heavy atom. The van der Waals surface area contributed by atoms with E-state index in [2.05, 4.69) is 5.11 Å². The highest BCUT2D eigenvalue weighted by Gasteiger charge is 2.23. The molecule has 0 aliphatic carbocycles. The molecule has 1 unspecified atom stereocenters. The van der Waals surface area contributed by atoms with Crippen LogP contribution in [0.15, 0.2) is 5.11 Å². The van der Waals surface area contributed by atoms with E-state index < -0.39 is 11.5 Å². The van der Waals surface area contributed by atoms with E-state index in [1.54, 1.807) is 6.07 Å². The van der Waals surface area contributed by atoms with Crippen LogP contribution in [0.1, 0.15) is 19.8 Å². The number of nitrogens with zero attached hydrogens (tertiary/aromatic N) is 2. The van der Waals surface area contributed by atoms with Gasteiger partial charge in [-0.15, -0.1) is 0 Å². The summed E-state index contributed by atoms with van der Waals surface area (Å²) in [6, 6.07) is 1.77. The van der Waals surface area contributed by atoms with Gasteiger partial charge in [0.05, 0.1) is 6.07 Å². The molecule has 0 radical (unpaired) electrons. The fourth-order valence-electron chi connectivity index (χ4n) is 0.487. The van der Waals surface area contributed by atoms with E-state index in [1.165, 1.54) is 6.92 Å². The lowest BCUT2D eigenvalue weighted by atomic mass is 9.99. The van der Waals surface area contributed by atoms with Gasteiger partial charge in [0.1, 0.15) is 0 Å². The summed E-state index contributed by atoms with van der Waals surface area (Å²) in [5, 5.41) is 19.7. The number of aliphatic carboxylic acids is 1. The third kappa shape index (κ3) is 3.30. The summed E-state index contributed by atoms with van der Waals surface area (Å²) in [7, 11) is 0. The fourth-order valence-corrected chi connectivity index (χ4v) is 0.487. The number of hydrogen-bond acceptors (Lipinski definition) is 4. The highest BCUT2D eigenvalue weighted by Crippen LogP contribution is 2.15. The molecule has 0 heterocycles. The molecular weight excluding hydrogens is 146 g/mol. The van der Waals surface area contributed by atoms with E-state index in [-0.39, 0.29) is 12.8 Å². The lowest BCUT2D eigenvalue weighted by Gasteiger charge is -2.10. The summed E-state index contributed by atoms with van der Waals surface area (Å²) in [6.45, 7) is 1.43. The summed E-state index contributed by atoms with van der Waals surface area (Å²) < 4.78 is 0. The number of carboxylic acid groups (broad SMARTS) is 1. The minimum absolute atomic E-state index is 0.0856. The zero-order chi connectivity index (χ0) is 8.91. The van der Waals surface area contributed by atoms with Gasteiger partial charge in [0.2, 0.25) is 0 Å². The second-order valence-corrected chi connectivity index (χ2v) is 2.39. The van der Waals surface area contributed by atoms with Crippen molar-refractivity contribution in [2.45, 2.75) is 25.3 Å². The monoisotopic (exact) mass is 155 g/mol. The summed E-state index contributed by atoms with van der Waals surface area (Å²) in [5.74, 6) is -0.977. The molecule has 0 aliphatic rings. The lowest BCUT2D eigenvalue weighted by molar-refractivity contribution is -0.137. The van der Waals surface area contributed by atoms with Gasteiger partial charge in [-0.05, 0) is 13.3 Å². The Morgan fingerprint density at radius 1 is 1.91 bits per heavy atom. The number of carbonyl (C=O) groups is 1. The molecule has 0 aliphatic heterocycles. The van der Waals surface area contributed by atoms with Crippen molar-refractivity contribution in [3.05, 3.63) is 0 Å². The van der Waals surface area contributed by atoms with Crippen molar-refractivity contribution in [3.63, 3.8) is 0 Å². The maximum atomic E-state index is 10.1. The van der Waals surface area contributed by atoms with Crippen LogP contribution in [0, 0.1) is 16.9 Å². The average molecular weight is 155 g/mol. The third-order valence-corrected chi connectivity index (χ3v) is 1.31. The normalized spacial score (nSPS) is 14.5. The van der Waals surface area contributed by atoms with Gasteiger partial charge in [0.25, 0.3) is 0 Å². The van der Waals surface area contributed by atoms with Crippen molar-refractivity contribution < 1.29 is 9.90 Å². The van der Waals surface area contributed by atoms with Crippen LogP contribution in [0.3, 0.4) is 0 Å². The molecule has 0 aromatic carbocycles. The molecule has 0 rings (SSSR count). The maximum Gasteiger partial charge on any atom is 0.303 e. The molecule has 60 valence electrons. The smallest absolute Gasteiger partial charge is 0.303 e. The third-order valence-electron chi connectivity index (χ3n) is 1.31. The van der Waals surface area contributed by atoms with E-state index in [9.17, 15) is 4.79 Å². The molecule has 5 heteroatoms. The van der Waals surface area contributed by atoms with Crippen LogP contribution >= 0.6 is 0 Å². The summed E-state index contributed by atoms with van der Waals surface area (Å²) in [6.07, 6.45) is -0.0469. The number of rotatable bonds is 4. The first-order valence-electron chi connectivity index (χ1n) is 3.06. The maximum absolute atomic E-state index is 10.1. The minimum Gasteiger partial charge on any atom is -0.481 e. The fraction of sp³-hybridized carbons (Fsp3) is 0.667. The van der Waals surface area contributed by atoms with E-state index >= 15 is 0 Å². The SMILES string of the molecule is CC(C#N)(CCC(=O)O)N=N. The van der Waals surface area contributed by atoms with Crippen LogP contribution in [0.4, 0.5) is 0 Å². The Kier molecular flexibility index (Phi) is 3.18. The van der Waals surface area contributed by atoms with Crippen molar-refractivity contribution in [1.82, 2.24) is 0 Å². The van der Waals surface area contributed by atoms with Gasteiger partial charge >= 0.3 is 5.97 Å². The van der Waals surface area contributed by atoms with E-state index in [0.29, 0.717) is 0 Å². The first-order chi connectivity index (χ1) is 5.04. The predicted octanol–water partition coefficient (Wildman–Crippen LogP) is 1.16. The van der Waals surface area contributed by atoms with Gasteiger partial charge in [-0.3, -0.25) is 4.79 Å². The molecule has 5 nitrogen and oxygen atoms in total. The van der Waals surface area contributed by atoms with Crippen LogP contribution in [-0.4, -0.2) is 16.6 Å². The Balaban J connectivity index is 4.01. The Morgan fingerprint density at radius 2 is 2.45 bits per heavy atom. The first-order valence-corrected chi connectivity index (χ1v) is 3.06. The average Bonchev–Trinajstić information content (AvgIpc) is 2.00. The zero-order valence-electron chi connectivity index (χ0n) is 6.16. The highest BCUT2D eigenvalue weighted by atomic mass is 16.4. The molecule has 0 bridgehead atoms. The number of nitrogens with one attached hydrogen (secondary N) is 1. The number of carboxylic acids is 1. The quantitative estimate of drug-likeness (QED) is 0.596. The molecule has 0 saturated carbocycles. The van der Waals surface area contributed by atoms with Gasteiger partial charge in [-0.25, -0.2) is 5.53 Å². The molecule has 0 amide bonds. The molecule has 2 N–H and O–H groups in total. The van der Waals surface area contributed by atoms with Crippen LogP contribution in [0.5, 0.6) is 0 Å². The minimum atomic E-state index is -1.17. The summed E-state index contributed by atoms with van der Waals surface area (Å²) >= 11 is 0. The standard InChI is InChI=1S/C6H9N3O2/c1-6(4-7,9-8)3-2-5(10)11/h8H,2-3H2,1H3,(H,10,11). The molecular formula is C6H9N3O2. The summed E-state index contributed by atoms with van der Waals surface area (Å²) in [4.78, 5) is 10.1. The van der Waals surface area contributed by atoms with Gasteiger partial charge in [-0.2, -0.15) is 10.4 Å². The molecule has 0 aromatic heterocycles. The van der Waals surface area contributed by atoms with E-state index in [1.807, 2.05) is 0 Å². The second kappa shape index (κ2) is 3.66. The van der Waals surface area contributed by atoms with Crippen LogP contribution in [0.25, 0.3) is 0 Å². The van der Waals surface area contributed by atoms with Crippen molar-refractivity contribution in [3.8, 4) is 6.07 Å². The van der Waals surface area contributed by atoms with Crippen LogP contribution < -0.4 is 0 Å². The summed E-state index contributed by atoms with van der Waals surface area (Å²) in [5.41, 5.74) is 5.44. The van der Waals surface area contributed by atoms with Crippen molar-refractivity contribution in [1.29, 1.82) is 10.8 Å². The Hall–Kier alpha value is -1.44. The largest absolute Gasteiger partial charge is 0.481 e. The molecule has 0 aromatic rings. The first kappa shape index (κ1) is 9.56. The van der Waals surface area contributed by atoms with Gasteiger partial charge < -0.3 is 5.11 Å². The van der Waals surface area contributed by atoms with Crippen LogP contribution in [0.2, 0.25) is 0 Å². The van der Waals surface area contributed by atoms with E-state index in [0.717, 1.165) is 0 Å². The van der Waals surface area contributed by atoms with Gasteiger partial charge in [0, 0.05) is 6.42 Å². The number of nitriles is 1. The second-order valence-electron chi connectivity index (χ2n) is 2.39. The van der Waals surface area contributed by atoms with Gasteiger partial charge in [0.15, 0.2) is 5.54 Å². The van der Waals surface area contributed by atoms with Crippen molar-refractivity contribution in [2.24, 2.45) is 5.11 Å². The Labute approximate surface area is 64.1 Å². The molecule has 0 saturated heterocycles. The van der Waals surface area contributed by atoms with Crippen molar-refractivity contribution in [2.75, 3.05) is 0 Å². The van der Waals surface area contributed by atoms with E-state index in [4.69, 9.17) is 15.9 Å². The number of hydrogen-bond donors (Lipinski definition) is 2. The molecule has 1 atom stereocenters. The van der Waals surface area contributed by atoms with Crippen LogP contribution in [-0.2, 0) is 4.79 Å². The Bertz CT molecular complexity index is 208. The lowest BCUT2D eigenvalue weighted by Crippen LogP contribution is -2.19. The molecule has 0 spiro atoms. The highest BCUT2D eigenvalue weighted by molar-refractivity contribution is 5.66. The topological polar surface area (TPSA) is 97.3 Å². The molecule has 0 fully saturated rings. The van der Waals surface area contributed by atoms with Crippen molar-refractivity contribution >= 4 is 5.97 Å².